The van der Waals surface area contributed by atoms with Crippen molar-refractivity contribution in [2.75, 3.05) is 31.2 Å². The van der Waals surface area contributed by atoms with Gasteiger partial charge < -0.3 is 15.0 Å². The maximum absolute atomic E-state index is 6.04. The molecule has 0 amide bonds. The van der Waals surface area contributed by atoms with Crippen molar-refractivity contribution in [1.82, 2.24) is 15.3 Å². The second-order valence-corrected chi connectivity index (χ2v) is 6.08. The number of morpholine rings is 1. The maximum Gasteiger partial charge on any atom is 0.225 e. The smallest absolute Gasteiger partial charge is 0.225 e. The van der Waals surface area contributed by atoms with Crippen molar-refractivity contribution < 1.29 is 4.74 Å². The van der Waals surface area contributed by atoms with Crippen LogP contribution in [0.15, 0.2) is 36.7 Å². The zero-order valence-corrected chi connectivity index (χ0v) is 14.0. The first-order valence-corrected chi connectivity index (χ1v) is 8.22. The monoisotopic (exact) mass is 332 g/mol. The zero-order valence-electron chi connectivity index (χ0n) is 13.2. The molecule has 0 bridgehead atoms. The number of anilines is 1. The minimum absolute atomic E-state index is 0.215. The predicted molar refractivity (Wildman–Crippen MR) is 91.8 cm³/mol. The van der Waals surface area contributed by atoms with E-state index >= 15 is 0 Å². The fourth-order valence-corrected chi connectivity index (χ4v) is 2.73. The molecule has 0 aliphatic carbocycles. The van der Waals surface area contributed by atoms with Crippen molar-refractivity contribution in [2.45, 2.75) is 19.5 Å². The Balaban J connectivity index is 1.56. The van der Waals surface area contributed by atoms with E-state index in [1.165, 1.54) is 5.56 Å². The first-order chi connectivity index (χ1) is 11.2. The molecule has 1 aromatic carbocycles. The van der Waals surface area contributed by atoms with Crippen LogP contribution < -0.4 is 10.2 Å². The van der Waals surface area contributed by atoms with Gasteiger partial charge in [-0.1, -0.05) is 23.7 Å². The van der Waals surface area contributed by atoms with Crippen molar-refractivity contribution in [3.8, 4) is 0 Å². The summed E-state index contributed by atoms with van der Waals surface area (Å²) in [6.45, 7) is 6.02. The SMILES string of the molecule is CC(NCc1cnc(N2CCOCC2)nc1)c1cccc(Cl)c1. The number of nitrogens with zero attached hydrogens (tertiary/aromatic N) is 3. The molecule has 1 saturated heterocycles. The highest BCUT2D eigenvalue weighted by Crippen LogP contribution is 2.18. The van der Waals surface area contributed by atoms with E-state index in [0.717, 1.165) is 49.4 Å². The standard InChI is InChI=1S/C17H21ClN4O/c1-13(15-3-2-4-16(18)9-15)19-10-14-11-20-17(21-12-14)22-5-7-23-8-6-22/h2-4,9,11-13,19H,5-8,10H2,1H3. The van der Waals surface area contributed by atoms with E-state index in [0.29, 0.717) is 0 Å². The highest BCUT2D eigenvalue weighted by molar-refractivity contribution is 6.30. The van der Waals surface area contributed by atoms with Crippen LogP contribution in [0.3, 0.4) is 0 Å². The molecule has 6 heteroatoms. The second-order valence-electron chi connectivity index (χ2n) is 5.65. The Hall–Kier alpha value is -1.69. The summed E-state index contributed by atoms with van der Waals surface area (Å²) in [5.41, 5.74) is 2.24. The lowest BCUT2D eigenvalue weighted by atomic mass is 10.1. The molecule has 1 aliphatic heterocycles. The van der Waals surface area contributed by atoms with E-state index in [4.69, 9.17) is 16.3 Å². The highest BCUT2D eigenvalue weighted by atomic mass is 35.5. The first-order valence-electron chi connectivity index (χ1n) is 7.85. The Bertz CT molecular complexity index is 629. The predicted octanol–water partition coefficient (Wildman–Crippen LogP) is 2.82. The molecule has 1 unspecified atom stereocenters. The lowest BCUT2D eigenvalue weighted by molar-refractivity contribution is 0.122. The van der Waals surface area contributed by atoms with Crippen molar-refractivity contribution in [3.63, 3.8) is 0 Å². The molecule has 0 saturated carbocycles. The minimum Gasteiger partial charge on any atom is -0.378 e. The number of rotatable bonds is 5. The summed E-state index contributed by atoms with van der Waals surface area (Å²) in [4.78, 5) is 11.1. The molecule has 23 heavy (non-hydrogen) atoms. The van der Waals surface area contributed by atoms with E-state index in [1.54, 1.807) is 0 Å². The molecule has 1 fully saturated rings. The van der Waals surface area contributed by atoms with Crippen LogP contribution in [-0.2, 0) is 11.3 Å². The fourth-order valence-electron chi connectivity index (χ4n) is 2.53. The summed E-state index contributed by atoms with van der Waals surface area (Å²) in [6, 6.07) is 8.12. The van der Waals surface area contributed by atoms with E-state index < -0.39 is 0 Å². The largest absolute Gasteiger partial charge is 0.378 e. The molecule has 2 heterocycles. The summed E-state index contributed by atoms with van der Waals surface area (Å²) in [7, 11) is 0. The van der Waals surface area contributed by atoms with Crippen molar-refractivity contribution in [1.29, 1.82) is 0 Å². The zero-order chi connectivity index (χ0) is 16.1. The molecule has 1 atom stereocenters. The Labute approximate surface area is 141 Å². The average Bonchev–Trinajstić information content (AvgIpc) is 2.61. The van der Waals surface area contributed by atoms with Crippen LogP contribution in [0.25, 0.3) is 0 Å². The summed E-state index contributed by atoms with van der Waals surface area (Å²) >= 11 is 6.04. The topological polar surface area (TPSA) is 50.3 Å². The van der Waals surface area contributed by atoms with Crippen molar-refractivity contribution in [3.05, 3.63) is 52.8 Å². The molecule has 1 aliphatic rings. The van der Waals surface area contributed by atoms with Crippen LogP contribution in [0.5, 0.6) is 0 Å². The van der Waals surface area contributed by atoms with Gasteiger partial charge in [-0.25, -0.2) is 9.97 Å². The van der Waals surface area contributed by atoms with Gasteiger partial charge >= 0.3 is 0 Å². The summed E-state index contributed by atoms with van der Waals surface area (Å²) in [5.74, 6) is 0.778. The van der Waals surface area contributed by atoms with E-state index in [-0.39, 0.29) is 6.04 Å². The van der Waals surface area contributed by atoms with Crippen LogP contribution in [0, 0.1) is 0 Å². The molecule has 1 aromatic heterocycles. The Morgan fingerprint density at radius 2 is 2.00 bits per heavy atom. The first kappa shape index (κ1) is 16.2. The molecule has 2 aromatic rings. The van der Waals surface area contributed by atoms with Gasteiger partial charge in [0.05, 0.1) is 13.2 Å². The van der Waals surface area contributed by atoms with E-state index in [2.05, 4.69) is 33.2 Å². The summed E-state index contributed by atoms with van der Waals surface area (Å²) < 4.78 is 5.34. The van der Waals surface area contributed by atoms with Crippen LogP contribution in [0.2, 0.25) is 5.02 Å². The number of hydrogen-bond acceptors (Lipinski definition) is 5. The molecule has 0 spiro atoms. The molecular weight excluding hydrogens is 312 g/mol. The fraction of sp³-hybridized carbons (Fsp3) is 0.412. The molecule has 5 nitrogen and oxygen atoms in total. The number of hydrogen-bond donors (Lipinski definition) is 1. The van der Waals surface area contributed by atoms with Crippen LogP contribution in [0.1, 0.15) is 24.1 Å². The number of ether oxygens (including phenoxy) is 1. The Morgan fingerprint density at radius 1 is 1.26 bits per heavy atom. The van der Waals surface area contributed by atoms with Crippen LogP contribution in [-0.4, -0.2) is 36.3 Å². The second kappa shape index (κ2) is 7.73. The van der Waals surface area contributed by atoms with E-state index in [9.17, 15) is 0 Å². The average molecular weight is 333 g/mol. The Morgan fingerprint density at radius 3 is 2.70 bits per heavy atom. The molecule has 1 N–H and O–H groups in total. The molecule has 3 rings (SSSR count). The third kappa shape index (κ3) is 4.41. The van der Waals surface area contributed by atoms with Gasteiger partial charge in [0.25, 0.3) is 0 Å². The van der Waals surface area contributed by atoms with Gasteiger partial charge in [0.2, 0.25) is 5.95 Å². The van der Waals surface area contributed by atoms with Gasteiger partial charge in [-0.2, -0.15) is 0 Å². The summed E-state index contributed by atoms with van der Waals surface area (Å²) in [6.07, 6.45) is 3.77. The van der Waals surface area contributed by atoms with Gasteiger partial charge in [0.15, 0.2) is 0 Å². The summed E-state index contributed by atoms with van der Waals surface area (Å²) in [5, 5.41) is 4.23. The van der Waals surface area contributed by atoms with Crippen LogP contribution in [0.4, 0.5) is 5.95 Å². The molecule has 0 radical (unpaired) electrons. The third-order valence-electron chi connectivity index (χ3n) is 3.95. The van der Waals surface area contributed by atoms with Crippen molar-refractivity contribution in [2.24, 2.45) is 0 Å². The van der Waals surface area contributed by atoms with E-state index in [1.807, 2.05) is 30.6 Å². The Kier molecular flexibility index (Phi) is 5.43. The van der Waals surface area contributed by atoms with Crippen LogP contribution >= 0.6 is 11.6 Å². The maximum atomic E-state index is 6.04. The normalized spacial score (nSPS) is 16.3. The lowest BCUT2D eigenvalue weighted by Crippen LogP contribution is -2.37. The third-order valence-corrected chi connectivity index (χ3v) is 4.18. The molecular formula is C17H21ClN4O. The highest BCUT2D eigenvalue weighted by Gasteiger charge is 2.13. The van der Waals surface area contributed by atoms with Gasteiger partial charge in [-0.05, 0) is 24.6 Å². The number of aromatic nitrogens is 2. The molecule has 122 valence electrons. The van der Waals surface area contributed by atoms with Gasteiger partial charge in [0, 0.05) is 48.7 Å². The number of halogens is 1. The number of benzene rings is 1. The minimum atomic E-state index is 0.215. The quantitative estimate of drug-likeness (QED) is 0.912. The van der Waals surface area contributed by atoms with Gasteiger partial charge in [-0.3, -0.25) is 0 Å². The van der Waals surface area contributed by atoms with Crippen molar-refractivity contribution >= 4 is 17.5 Å². The lowest BCUT2D eigenvalue weighted by Gasteiger charge is -2.26. The van der Waals surface area contributed by atoms with Gasteiger partial charge in [0.1, 0.15) is 0 Å². The van der Waals surface area contributed by atoms with Gasteiger partial charge in [-0.15, -0.1) is 0 Å². The number of nitrogens with one attached hydrogen (secondary N) is 1.